The molecule has 186 valence electrons. The number of hydrogen-bond donors (Lipinski definition) is 0. The van der Waals surface area contributed by atoms with Gasteiger partial charge >= 0.3 is 23.9 Å². The molecule has 0 aliphatic heterocycles. The third-order valence-corrected chi connectivity index (χ3v) is 8.57. The number of ether oxygens (including phenoxy) is 4. The van der Waals surface area contributed by atoms with Crippen LogP contribution in [0.15, 0.2) is 60.7 Å². The van der Waals surface area contributed by atoms with Crippen LogP contribution in [0.5, 0.6) is 23.0 Å². The Labute approximate surface area is 213 Å². The van der Waals surface area contributed by atoms with E-state index >= 15 is 0 Å². The lowest BCUT2D eigenvalue weighted by molar-refractivity contribution is -0.134. The van der Waals surface area contributed by atoms with Gasteiger partial charge in [-0.15, -0.1) is 0 Å². The van der Waals surface area contributed by atoms with Gasteiger partial charge in [0, 0.05) is 27.7 Å². The molecule has 10 heteroatoms. The molecule has 0 saturated heterocycles. The van der Waals surface area contributed by atoms with Crippen LogP contribution >= 0.6 is 0 Å². The maximum atomic E-state index is 11.6. The van der Waals surface area contributed by atoms with Gasteiger partial charge in [0.15, 0.2) is 23.0 Å². The van der Waals surface area contributed by atoms with Crippen LogP contribution in [0.25, 0.3) is 0 Å². The van der Waals surface area contributed by atoms with Gasteiger partial charge in [-0.2, -0.15) is 0 Å². The molecule has 3 aromatic rings. The van der Waals surface area contributed by atoms with E-state index in [-0.39, 0.29) is 23.0 Å². The highest BCUT2D eigenvalue weighted by atomic mass is 28.2. The molecule has 36 heavy (non-hydrogen) atoms. The molecule has 0 heterocycles. The van der Waals surface area contributed by atoms with Crippen molar-refractivity contribution in [1.82, 2.24) is 0 Å². The molecule has 3 rings (SSSR count). The molecule has 0 unspecified atom stereocenters. The summed E-state index contributed by atoms with van der Waals surface area (Å²) in [4.78, 5) is 46.2. The van der Waals surface area contributed by atoms with E-state index in [1.807, 2.05) is 36.4 Å². The molecular weight excluding hydrogens is 496 g/mol. The van der Waals surface area contributed by atoms with Crippen LogP contribution in [-0.2, 0) is 19.2 Å². The molecule has 0 aliphatic rings. The predicted octanol–water partition coefficient (Wildman–Crippen LogP) is -0.373. The highest BCUT2D eigenvalue weighted by Crippen LogP contribution is 2.26. The second-order valence-corrected chi connectivity index (χ2v) is 11.9. The molecule has 0 saturated carbocycles. The van der Waals surface area contributed by atoms with Gasteiger partial charge in [0.05, 0.1) is 19.0 Å². The smallest absolute Gasteiger partial charge is 0.308 e. The Morgan fingerprint density at radius 2 is 0.833 bits per heavy atom. The Morgan fingerprint density at radius 1 is 0.500 bits per heavy atom. The number of esters is 4. The fourth-order valence-electron chi connectivity index (χ4n) is 3.61. The summed E-state index contributed by atoms with van der Waals surface area (Å²) < 4.78 is 21.2. The molecule has 0 spiro atoms. The summed E-state index contributed by atoms with van der Waals surface area (Å²) in [6.45, 7) is 5.18. The first-order valence-corrected chi connectivity index (χ1v) is 14.0. The Balaban J connectivity index is 1.85. The minimum atomic E-state index is -1.07. The van der Waals surface area contributed by atoms with Gasteiger partial charge < -0.3 is 18.9 Å². The minimum absolute atomic E-state index is 0.220. The topological polar surface area (TPSA) is 105 Å². The summed E-state index contributed by atoms with van der Waals surface area (Å²) in [7, 11) is -2.14. The number of carbonyl (C=O) groups excluding carboxylic acids is 4. The Hall–Kier alpha value is -4.03. The van der Waals surface area contributed by atoms with Crippen LogP contribution in [-0.4, -0.2) is 42.9 Å². The number of hydrogen-bond acceptors (Lipinski definition) is 8. The van der Waals surface area contributed by atoms with Crippen molar-refractivity contribution >= 4 is 63.7 Å². The average molecular weight is 523 g/mol. The van der Waals surface area contributed by atoms with Crippen LogP contribution in [0.3, 0.4) is 0 Å². The fraction of sp³-hybridized carbons (Fsp3) is 0.154. The van der Waals surface area contributed by atoms with E-state index in [0.717, 1.165) is 20.7 Å². The van der Waals surface area contributed by atoms with Crippen molar-refractivity contribution in [1.29, 1.82) is 0 Å². The first-order chi connectivity index (χ1) is 17.1. The van der Waals surface area contributed by atoms with Gasteiger partial charge in [0.1, 0.15) is 0 Å². The second-order valence-electron chi connectivity index (χ2n) is 8.03. The largest absolute Gasteiger partial charge is 0.423 e. The summed E-state index contributed by atoms with van der Waals surface area (Å²) in [6.07, 6.45) is 0. The van der Waals surface area contributed by atoms with E-state index in [0.29, 0.717) is 0 Å². The first kappa shape index (κ1) is 26.6. The summed E-state index contributed by atoms with van der Waals surface area (Å²) in [6, 6.07) is 18.5. The van der Waals surface area contributed by atoms with Crippen LogP contribution in [0, 0.1) is 0 Å². The first-order valence-electron chi connectivity index (χ1n) is 11.2. The maximum absolute atomic E-state index is 11.6. The lowest BCUT2D eigenvalue weighted by atomic mass is 10.3. The Bertz CT molecular complexity index is 1200. The highest BCUT2D eigenvalue weighted by Gasteiger charge is 2.17. The fourth-order valence-corrected chi connectivity index (χ4v) is 6.75. The van der Waals surface area contributed by atoms with Gasteiger partial charge in [-0.1, -0.05) is 58.9 Å². The van der Waals surface area contributed by atoms with Gasteiger partial charge in [0.25, 0.3) is 0 Å². The lowest BCUT2D eigenvalue weighted by Gasteiger charge is -2.14. The van der Waals surface area contributed by atoms with Crippen LogP contribution in [0.1, 0.15) is 27.7 Å². The number of carbonyl (C=O) groups is 4. The monoisotopic (exact) mass is 522 g/mol. The van der Waals surface area contributed by atoms with E-state index in [2.05, 4.69) is 0 Å². The summed E-state index contributed by atoms with van der Waals surface area (Å²) in [5.41, 5.74) is 0. The normalized spacial score (nSPS) is 11.0. The molecular formula is C26H26O8Si2. The molecule has 0 aromatic heterocycles. The molecule has 0 fully saturated rings. The third kappa shape index (κ3) is 7.49. The third-order valence-electron chi connectivity index (χ3n) is 4.93. The van der Waals surface area contributed by atoms with Crippen LogP contribution < -0.4 is 39.7 Å². The zero-order valence-corrected chi connectivity index (χ0v) is 23.3. The van der Waals surface area contributed by atoms with E-state index in [1.165, 1.54) is 27.7 Å². The van der Waals surface area contributed by atoms with Gasteiger partial charge in [-0.05, 0) is 22.5 Å². The van der Waals surface area contributed by atoms with E-state index < -0.39 is 42.9 Å². The minimum Gasteiger partial charge on any atom is -0.423 e. The number of benzene rings is 3. The van der Waals surface area contributed by atoms with E-state index in [9.17, 15) is 19.2 Å². The SMILES string of the molecule is CC(=O)Oc1cccc([SiH2]c2ccc([SiH2]c3cccc(OC(C)=O)c3OC(C)=O)cc2)c1OC(C)=O. The number of rotatable bonds is 8. The van der Waals surface area contributed by atoms with Gasteiger partial charge in [0.2, 0.25) is 0 Å². The van der Waals surface area contributed by atoms with E-state index in [4.69, 9.17) is 18.9 Å². The van der Waals surface area contributed by atoms with Crippen molar-refractivity contribution < 1.29 is 38.1 Å². The Morgan fingerprint density at radius 3 is 1.14 bits per heavy atom. The predicted molar refractivity (Wildman–Crippen MR) is 140 cm³/mol. The van der Waals surface area contributed by atoms with Gasteiger partial charge in [-0.25, -0.2) is 0 Å². The summed E-state index contributed by atoms with van der Waals surface area (Å²) in [5.74, 6) is -0.992. The van der Waals surface area contributed by atoms with Crippen molar-refractivity contribution in [2.45, 2.75) is 27.7 Å². The average Bonchev–Trinajstić information content (AvgIpc) is 2.78. The lowest BCUT2D eigenvalue weighted by Crippen LogP contribution is -2.33. The van der Waals surface area contributed by atoms with Gasteiger partial charge in [-0.3, -0.25) is 19.2 Å². The van der Waals surface area contributed by atoms with Crippen molar-refractivity contribution in [3.8, 4) is 23.0 Å². The highest BCUT2D eigenvalue weighted by molar-refractivity contribution is 6.70. The molecule has 0 N–H and O–H groups in total. The summed E-state index contributed by atoms with van der Waals surface area (Å²) in [5, 5.41) is 3.85. The summed E-state index contributed by atoms with van der Waals surface area (Å²) >= 11 is 0. The van der Waals surface area contributed by atoms with Crippen molar-refractivity contribution in [3.63, 3.8) is 0 Å². The number of para-hydroxylation sites is 2. The van der Waals surface area contributed by atoms with Crippen LogP contribution in [0.2, 0.25) is 0 Å². The quantitative estimate of drug-likeness (QED) is 0.224. The van der Waals surface area contributed by atoms with Crippen molar-refractivity contribution in [3.05, 3.63) is 60.7 Å². The Kier molecular flexibility index (Phi) is 8.93. The van der Waals surface area contributed by atoms with E-state index in [1.54, 1.807) is 24.3 Å². The molecule has 3 aromatic carbocycles. The molecule has 0 bridgehead atoms. The zero-order valence-electron chi connectivity index (χ0n) is 20.5. The molecule has 0 atom stereocenters. The maximum Gasteiger partial charge on any atom is 0.308 e. The van der Waals surface area contributed by atoms with Crippen molar-refractivity contribution in [2.24, 2.45) is 0 Å². The zero-order chi connectivity index (χ0) is 26.2. The standard InChI is InChI=1S/C26H26O8Si2/c1-15(27)31-21-7-5-9-23(25(21)33-17(3)29)35-19-11-13-20(14-12-19)36-24-10-6-8-22(32-16(2)28)26(24)34-18(4)30/h5-14H,35-36H2,1-4H3. The molecule has 0 amide bonds. The molecule has 8 nitrogen and oxygen atoms in total. The second kappa shape index (κ2) is 12.1. The van der Waals surface area contributed by atoms with Crippen molar-refractivity contribution in [2.75, 3.05) is 0 Å². The molecule has 0 radical (unpaired) electrons. The van der Waals surface area contributed by atoms with Crippen LogP contribution in [0.4, 0.5) is 0 Å². The molecule has 0 aliphatic carbocycles.